The molecule has 2 rings (SSSR count). The molecule has 0 bridgehead atoms. The van der Waals surface area contributed by atoms with Crippen LogP contribution in [0.1, 0.15) is 63.2 Å². The monoisotopic (exact) mass is 218 g/mol. The van der Waals surface area contributed by atoms with Gasteiger partial charge in [-0.1, -0.05) is 51.5 Å². The SMILES string of the molecule is CC(C)(C)C(O)c1cccc(C2CCC2)c1. The van der Waals surface area contributed by atoms with Gasteiger partial charge in [0.25, 0.3) is 0 Å². The Balaban J connectivity index is 2.21. The Bertz CT molecular complexity index is 358. The zero-order chi connectivity index (χ0) is 11.8. The van der Waals surface area contributed by atoms with Crippen LogP contribution in [-0.2, 0) is 0 Å². The van der Waals surface area contributed by atoms with Gasteiger partial charge in [-0.3, -0.25) is 0 Å². The van der Waals surface area contributed by atoms with Crippen molar-refractivity contribution in [2.45, 2.75) is 52.1 Å². The van der Waals surface area contributed by atoms with Crippen molar-refractivity contribution in [1.82, 2.24) is 0 Å². The molecule has 1 atom stereocenters. The van der Waals surface area contributed by atoms with Gasteiger partial charge in [0.2, 0.25) is 0 Å². The molecule has 0 heterocycles. The number of aliphatic hydroxyl groups excluding tert-OH is 1. The molecule has 1 aliphatic carbocycles. The van der Waals surface area contributed by atoms with E-state index in [2.05, 4.69) is 39.0 Å². The van der Waals surface area contributed by atoms with E-state index in [9.17, 15) is 5.11 Å². The summed E-state index contributed by atoms with van der Waals surface area (Å²) in [5.41, 5.74) is 2.39. The zero-order valence-electron chi connectivity index (χ0n) is 10.5. The normalized spacial score (nSPS) is 19.2. The lowest BCUT2D eigenvalue weighted by molar-refractivity contribution is 0.0625. The molecule has 1 heteroatoms. The molecule has 1 unspecified atom stereocenters. The molecule has 88 valence electrons. The van der Waals surface area contributed by atoms with E-state index in [0.717, 1.165) is 11.5 Å². The predicted octanol–water partition coefficient (Wildman–Crippen LogP) is 4.03. The minimum absolute atomic E-state index is 0.0851. The van der Waals surface area contributed by atoms with Crippen molar-refractivity contribution < 1.29 is 5.11 Å². The number of rotatable bonds is 2. The molecule has 0 saturated heterocycles. The highest BCUT2D eigenvalue weighted by Crippen LogP contribution is 2.39. The molecule has 1 fully saturated rings. The lowest BCUT2D eigenvalue weighted by atomic mass is 9.78. The Morgan fingerprint density at radius 3 is 2.44 bits per heavy atom. The fourth-order valence-electron chi connectivity index (χ4n) is 2.22. The minimum Gasteiger partial charge on any atom is -0.388 e. The van der Waals surface area contributed by atoms with Gasteiger partial charge in [-0.25, -0.2) is 0 Å². The predicted molar refractivity (Wildman–Crippen MR) is 67.4 cm³/mol. The van der Waals surface area contributed by atoms with Crippen LogP contribution in [0.3, 0.4) is 0 Å². The molecule has 1 aromatic carbocycles. The summed E-state index contributed by atoms with van der Waals surface area (Å²) < 4.78 is 0. The summed E-state index contributed by atoms with van der Waals surface area (Å²) in [4.78, 5) is 0. The Hall–Kier alpha value is -0.820. The molecular formula is C15H22O. The van der Waals surface area contributed by atoms with Gasteiger partial charge in [-0.15, -0.1) is 0 Å². The maximum atomic E-state index is 10.3. The first-order valence-electron chi connectivity index (χ1n) is 6.26. The fourth-order valence-corrected chi connectivity index (χ4v) is 2.22. The molecule has 1 N–H and O–H groups in total. The van der Waals surface area contributed by atoms with E-state index in [-0.39, 0.29) is 11.5 Å². The average Bonchev–Trinajstić information content (AvgIpc) is 2.13. The maximum Gasteiger partial charge on any atom is 0.0838 e. The van der Waals surface area contributed by atoms with Crippen molar-refractivity contribution >= 4 is 0 Å². The summed E-state index contributed by atoms with van der Waals surface area (Å²) >= 11 is 0. The van der Waals surface area contributed by atoms with E-state index in [1.807, 2.05) is 6.07 Å². The van der Waals surface area contributed by atoms with E-state index >= 15 is 0 Å². The van der Waals surface area contributed by atoms with Gasteiger partial charge in [0.15, 0.2) is 0 Å². The van der Waals surface area contributed by atoms with Crippen LogP contribution in [0.5, 0.6) is 0 Å². The minimum atomic E-state index is -0.368. The summed E-state index contributed by atoms with van der Waals surface area (Å²) in [5.74, 6) is 0.743. The maximum absolute atomic E-state index is 10.3. The van der Waals surface area contributed by atoms with Crippen molar-refractivity contribution in [1.29, 1.82) is 0 Å². The van der Waals surface area contributed by atoms with E-state index < -0.39 is 0 Å². The smallest absolute Gasteiger partial charge is 0.0838 e. The van der Waals surface area contributed by atoms with E-state index in [1.165, 1.54) is 24.8 Å². The summed E-state index contributed by atoms with van der Waals surface area (Å²) in [6, 6.07) is 8.51. The van der Waals surface area contributed by atoms with Crippen molar-refractivity contribution in [2.75, 3.05) is 0 Å². The third-order valence-electron chi connectivity index (χ3n) is 3.62. The molecule has 1 saturated carbocycles. The quantitative estimate of drug-likeness (QED) is 0.794. The van der Waals surface area contributed by atoms with Crippen LogP contribution in [-0.4, -0.2) is 5.11 Å². The van der Waals surface area contributed by atoms with Crippen molar-refractivity contribution in [2.24, 2.45) is 5.41 Å². The second-order valence-corrected chi connectivity index (χ2v) is 6.07. The van der Waals surface area contributed by atoms with Gasteiger partial charge in [0.05, 0.1) is 6.10 Å². The first-order chi connectivity index (χ1) is 7.48. The summed E-state index contributed by atoms with van der Waals surface area (Å²) in [6.45, 7) is 6.23. The summed E-state index contributed by atoms with van der Waals surface area (Å²) in [5, 5.41) is 10.3. The third-order valence-corrected chi connectivity index (χ3v) is 3.62. The Morgan fingerprint density at radius 2 is 1.94 bits per heavy atom. The molecule has 0 spiro atoms. The van der Waals surface area contributed by atoms with Crippen molar-refractivity contribution in [3.05, 3.63) is 35.4 Å². The number of aliphatic hydroxyl groups is 1. The molecule has 1 nitrogen and oxygen atoms in total. The second-order valence-electron chi connectivity index (χ2n) is 6.07. The molecule has 16 heavy (non-hydrogen) atoms. The highest BCUT2D eigenvalue weighted by molar-refractivity contribution is 5.29. The highest BCUT2D eigenvalue weighted by Gasteiger charge is 2.25. The second kappa shape index (κ2) is 4.21. The van der Waals surface area contributed by atoms with Crippen LogP contribution in [0.25, 0.3) is 0 Å². The standard InChI is InChI=1S/C15H22O/c1-15(2,3)14(16)13-9-5-8-12(10-13)11-6-4-7-11/h5,8-11,14,16H,4,6-7H2,1-3H3. The summed E-state index contributed by atoms with van der Waals surface area (Å²) in [7, 11) is 0. The third kappa shape index (κ3) is 2.30. The number of hydrogen-bond donors (Lipinski definition) is 1. The largest absolute Gasteiger partial charge is 0.388 e. The van der Waals surface area contributed by atoms with E-state index in [1.54, 1.807) is 0 Å². The topological polar surface area (TPSA) is 20.2 Å². The molecule has 1 aromatic rings. The van der Waals surface area contributed by atoms with Crippen molar-refractivity contribution in [3.8, 4) is 0 Å². The lowest BCUT2D eigenvalue weighted by Gasteiger charge is -2.29. The lowest BCUT2D eigenvalue weighted by Crippen LogP contribution is -2.18. The Kier molecular flexibility index (Phi) is 3.07. The van der Waals surface area contributed by atoms with Gasteiger partial charge in [-0.05, 0) is 35.3 Å². The first-order valence-corrected chi connectivity index (χ1v) is 6.26. The molecule has 0 aliphatic heterocycles. The van der Waals surface area contributed by atoms with Crippen LogP contribution in [0.4, 0.5) is 0 Å². The molecular weight excluding hydrogens is 196 g/mol. The van der Waals surface area contributed by atoms with Gasteiger partial charge < -0.3 is 5.11 Å². The fraction of sp³-hybridized carbons (Fsp3) is 0.600. The Morgan fingerprint density at radius 1 is 1.25 bits per heavy atom. The number of benzene rings is 1. The average molecular weight is 218 g/mol. The first kappa shape index (κ1) is 11.7. The van der Waals surface area contributed by atoms with Crippen LogP contribution in [0.2, 0.25) is 0 Å². The van der Waals surface area contributed by atoms with Crippen LogP contribution < -0.4 is 0 Å². The van der Waals surface area contributed by atoms with Crippen LogP contribution in [0, 0.1) is 5.41 Å². The van der Waals surface area contributed by atoms with Gasteiger partial charge >= 0.3 is 0 Å². The molecule has 1 aliphatic rings. The van der Waals surface area contributed by atoms with E-state index in [0.29, 0.717) is 0 Å². The molecule has 0 radical (unpaired) electrons. The van der Waals surface area contributed by atoms with Gasteiger partial charge in [-0.2, -0.15) is 0 Å². The van der Waals surface area contributed by atoms with Crippen LogP contribution >= 0.6 is 0 Å². The van der Waals surface area contributed by atoms with E-state index in [4.69, 9.17) is 0 Å². The molecule has 0 aromatic heterocycles. The summed E-state index contributed by atoms with van der Waals surface area (Å²) in [6.07, 6.45) is 3.62. The molecule has 0 amide bonds. The Labute approximate surface area is 98.5 Å². The highest BCUT2D eigenvalue weighted by atomic mass is 16.3. The van der Waals surface area contributed by atoms with Gasteiger partial charge in [0.1, 0.15) is 0 Å². The zero-order valence-corrected chi connectivity index (χ0v) is 10.5. The number of hydrogen-bond acceptors (Lipinski definition) is 1. The van der Waals surface area contributed by atoms with Crippen LogP contribution in [0.15, 0.2) is 24.3 Å². The van der Waals surface area contributed by atoms with Gasteiger partial charge in [0, 0.05) is 0 Å². The van der Waals surface area contributed by atoms with Crippen molar-refractivity contribution in [3.63, 3.8) is 0 Å².